The highest BCUT2D eigenvalue weighted by molar-refractivity contribution is 8.00. The molecule has 2 bridgehead atoms. The summed E-state index contributed by atoms with van der Waals surface area (Å²) in [6, 6.07) is 9.78. The lowest BCUT2D eigenvalue weighted by Gasteiger charge is -2.43. The van der Waals surface area contributed by atoms with Gasteiger partial charge in [0.1, 0.15) is 0 Å². The second kappa shape index (κ2) is 8.87. The van der Waals surface area contributed by atoms with Crippen LogP contribution in [0.3, 0.4) is 0 Å². The molecule has 2 N–H and O–H groups in total. The summed E-state index contributed by atoms with van der Waals surface area (Å²) in [5, 5.41) is 10.9. The van der Waals surface area contributed by atoms with E-state index in [1.165, 1.54) is 30.0 Å². The lowest BCUT2D eigenvalue weighted by molar-refractivity contribution is -0.137. The molecule has 2 saturated carbocycles. The lowest BCUT2D eigenvalue weighted by atomic mass is 9.68. The Bertz CT molecular complexity index is 1620. The van der Waals surface area contributed by atoms with E-state index in [1.807, 2.05) is 0 Å². The fourth-order valence-corrected chi connectivity index (χ4v) is 10.4. The molecule has 7 rings (SSSR count). The van der Waals surface area contributed by atoms with E-state index >= 15 is 0 Å². The number of nitrogens with zero attached hydrogens (tertiary/aromatic N) is 1. The zero-order chi connectivity index (χ0) is 28.1. The lowest BCUT2D eigenvalue weighted by Crippen LogP contribution is -2.42. The first-order valence-electron chi connectivity index (χ1n) is 13.0. The molecule has 40 heavy (non-hydrogen) atoms. The number of thiazole rings is 1. The van der Waals surface area contributed by atoms with Crippen molar-refractivity contribution in [1.82, 2.24) is 4.98 Å². The number of hydrogen-bond donors (Lipinski definition) is 2. The first kappa shape index (κ1) is 25.7. The van der Waals surface area contributed by atoms with E-state index < -0.39 is 41.1 Å². The van der Waals surface area contributed by atoms with Gasteiger partial charge in [0.05, 0.1) is 34.7 Å². The molecule has 12 heteroatoms. The minimum atomic E-state index is -4.72. The number of ether oxygens (including phenoxy) is 1. The van der Waals surface area contributed by atoms with E-state index in [1.54, 1.807) is 25.1 Å². The van der Waals surface area contributed by atoms with Crippen LogP contribution < -0.4 is 14.5 Å². The van der Waals surface area contributed by atoms with Crippen molar-refractivity contribution >= 4 is 40.6 Å². The van der Waals surface area contributed by atoms with Gasteiger partial charge < -0.3 is 14.8 Å². The standard InChI is InChI=1S/C28H23F3N2O5S2/c1-2-38-17-9-11(7-8-16(17)34)18-19-12-10-13(22(19)39-24-23(18)40-27(37)32-24)21-20(12)25(35)33(26(21)36)15-6-4-3-5-14(15)28(29,30)31/h3-9,12-13,18-22,34H,2,10H2,1H3,(H,32,37)/t12?,13?,18-,19?,20?,21?,22?/m1/s1. The maximum atomic E-state index is 13.8. The van der Waals surface area contributed by atoms with Crippen LogP contribution in [0, 0.1) is 29.6 Å². The number of aromatic hydroxyl groups is 1. The number of thioether (sulfide) groups is 1. The van der Waals surface area contributed by atoms with Gasteiger partial charge in [0.25, 0.3) is 0 Å². The van der Waals surface area contributed by atoms with Crippen LogP contribution in [-0.2, 0) is 15.8 Å². The van der Waals surface area contributed by atoms with Gasteiger partial charge >= 0.3 is 11.0 Å². The Morgan fingerprint density at radius 3 is 2.52 bits per heavy atom. The summed E-state index contributed by atoms with van der Waals surface area (Å²) in [6.45, 7) is 2.14. The molecule has 0 spiro atoms. The molecule has 7 atom stereocenters. The average Bonchev–Trinajstić information content (AvgIpc) is 3.64. The Hall–Kier alpha value is -3.25. The van der Waals surface area contributed by atoms with Gasteiger partial charge in [0, 0.05) is 16.0 Å². The molecule has 2 aromatic carbocycles. The van der Waals surface area contributed by atoms with Gasteiger partial charge in [-0.25, -0.2) is 4.90 Å². The summed E-state index contributed by atoms with van der Waals surface area (Å²) >= 11 is 2.60. The molecule has 1 saturated heterocycles. The van der Waals surface area contributed by atoms with Crippen molar-refractivity contribution in [2.24, 2.45) is 29.6 Å². The van der Waals surface area contributed by atoms with Crippen molar-refractivity contribution in [3.8, 4) is 11.5 Å². The Morgan fingerprint density at radius 1 is 1.07 bits per heavy atom. The van der Waals surface area contributed by atoms with Crippen LogP contribution in [0.2, 0.25) is 0 Å². The Balaban J connectivity index is 1.32. The maximum absolute atomic E-state index is 13.8. The van der Waals surface area contributed by atoms with Crippen molar-refractivity contribution in [3.63, 3.8) is 0 Å². The number of hydrogen-bond acceptors (Lipinski definition) is 7. The predicted octanol–water partition coefficient (Wildman–Crippen LogP) is 5.24. The monoisotopic (exact) mass is 588 g/mol. The maximum Gasteiger partial charge on any atom is 0.418 e. The molecule has 6 unspecified atom stereocenters. The largest absolute Gasteiger partial charge is 0.504 e. The van der Waals surface area contributed by atoms with Crippen LogP contribution in [0.5, 0.6) is 11.5 Å². The van der Waals surface area contributed by atoms with E-state index in [-0.39, 0.29) is 39.5 Å². The Kier molecular flexibility index (Phi) is 5.70. The molecule has 7 nitrogen and oxygen atoms in total. The van der Waals surface area contributed by atoms with Gasteiger partial charge in [-0.1, -0.05) is 29.5 Å². The molecule has 3 aromatic rings. The number of nitrogens with one attached hydrogen (secondary N) is 1. The molecular weight excluding hydrogens is 565 g/mol. The normalized spacial score (nSPS) is 30.4. The SMILES string of the molecule is CCOc1cc([C@H]2c3sc(=O)[nH]c3SC3C4CC(C5C(=O)N(c6ccccc6C(F)(F)F)C(=O)C45)C32)ccc1O. The number of rotatable bonds is 4. The number of fused-ring (bicyclic) bond motifs is 9. The summed E-state index contributed by atoms with van der Waals surface area (Å²) in [5.41, 5.74) is -0.622. The third-order valence-electron chi connectivity index (χ3n) is 8.82. The van der Waals surface area contributed by atoms with E-state index in [4.69, 9.17) is 4.74 Å². The molecule has 2 amide bonds. The minimum Gasteiger partial charge on any atom is -0.504 e. The number of aromatic amines is 1. The number of amides is 2. The predicted molar refractivity (Wildman–Crippen MR) is 142 cm³/mol. The highest BCUT2D eigenvalue weighted by atomic mass is 32.2. The Morgan fingerprint density at radius 2 is 1.80 bits per heavy atom. The Labute approximate surface area is 234 Å². The quantitative estimate of drug-likeness (QED) is 0.405. The summed E-state index contributed by atoms with van der Waals surface area (Å²) in [5.74, 6) is -3.25. The third kappa shape index (κ3) is 3.54. The first-order valence-corrected chi connectivity index (χ1v) is 14.7. The van der Waals surface area contributed by atoms with Crippen LogP contribution in [-0.4, -0.2) is 33.8 Å². The summed E-state index contributed by atoms with van der Waals surface area (Å²) < 4.78 is 47.2. The number of phenols is 1. The average molecular weight is 589 g/mol. The van der Waals surface area contributed by atoms with Crippen LogP contribution in [0.25, 0.3) is 0 Å². The number of phenolic OH excluding ortho intramolecular Hbond substituents is 1. The molecule has 3 heterocycles. The molecule has 2 aliphatic carbocycles. The van der Waals surface area contributed by atoms with Gasteiger partial charge in [0.2, 0.25) is 11.8 Å². The second-order valence-electron chi connectivity index (χ2n) is 10.6. The fourth-order valence-electron chi connectivity index (χ4n) is 7.53. The number of carbonyl (C=O) groups is 2. The molecule has 1 aromatic heterocycles. The van der Waals surface area contributed by atoms with E-state index in [0.29, 0.717) is 23.8 Å². The van der Waals surface area contributed by atoms with E-state index in [9.17, 15) is 32.7 Å². The van der Waals surface area contributed by atoms with E-state index in [0.717, 1.165) is 32.7 Å². The van der Waals surface area contributed by atoms with Crippen molar-refractivity contribution in [3.05, 3.63) is 68.1 Å². The molecule has 3 fully saturated rings. The van der Waals surface area contributed by atoms with Crippen LogP contribution in [0.4, 0.5) is 18.9 Å². The number of para-hydroxylation sites is 1. The highest BCUT2D eigenvalue weighted by Gasteiger charge is 2.70. The number of alkyl halides is 3. The van der Waals surface area contributed by atoms with Gasteiger partial charge in [-0.3, -0.25) is 14.4 Å². The minimum absolute atomic E-state index is 0.0154. The van der Waals surface area contributed by atoms with Gasteiger partial charge in [0.15, 0.2) is 11.5 Å². The smallest absolute Gasteiger partial charge is 0.418 e. The topological polar surface area (TPSA) is 99.7 Å². The second-order valence-corrected chi connectivity index (χ2v) is 12.9. The van der Waals surface area contributed by atoms with Crippen LogP contribution in [0.15, 0.2) is 52.3 Å². The molecule has 2 aliphatic heterocycles. The van der Waals surface area contributed by atoms with Crippen molar-refractivity contribution in [1.29, 1.82) is 0 Å². The molecule has 4 aliphatic rings. The fraction of sp³-hybridized carbons (Fsp3) is 0.393. The number of halogens is 3. The molecule has 208 valence electrons. The summed E-state index contributed by atoms with van der Waals surface area (Å²) in [7, 11) is 0. The number of anilines is 1. The third-order valence-corrected chi connectivity index (χ3v) is 11.4. The highest BCUT2D eigenvalue weighted by Crippen LogP contribution is 2.69. The van der Waals surface area contributed by atoms with Crippen molar-refractivity contribution in [2.75, 3.05) is 11.5 Å². The molecular formula is C28H23F3N2O5S2. The van der Waals surface area contributed by atoms with Gasteiger partial charge in [-0.15, -0.1) is 11.8 Å². The summed E-state index contributed by atoms with van der Waals surface area (Å²) in [4.78, 5) is 44.3. The van der Waals surface area contributed by atoms with Crippen LogP contribution in [0.1, 0.15) is 35.3 Å². The van der Waals surface area contributed by atoms with Crippen molar-refractivity contribution in [2.45, 2.75) is 35.7 Å². The number of aromatic nitrogens is 1. The molecule has 0 radical (unpaired) electrons. The zero-order valence-corrected chi connectivity index (χ0v) is 22.6. The van der Waals surface area contributed by atoms with Gasteiger partial charge in [-0.2, -0.15) is 13.2 Å². The van der Waals surface area contributed by atoms with Crippen LogP contribution >= 0.6 is 23.1 Å². The number of carbonyl (C=O) groups excluding carboxylic acids is 2. The zero-order valence-electron chi connectivity index (χ0n) is 21.0. The first-order chi connectivity index (χ1) is 19.1. The van der Waals surface area contributed by atoms with Crippen molar-refractivity contribution < 1.29 is 32.6 Å². The summed E-state index contributed by atoms with van der Waals surface area (Å²) in [6.07, 6.45) is -4.12. The number of benzene rings is 2. The number of H-pyrrole nitrogens is 1. The van der Waals surface area contributed by atoms with E-state index in [2.05, 4.69) is 4.98 Å². The number of imide groups is 1. The van der Waals surface area contributed by atoms with Gasteiger partial charge in [-0.05, 0) is 60.9 Å².